The number of amides is 3. The van der Waals surface area contributed by atoms with Crippen molar-refractivity contribution in [3.8, 4) is 5.75 Å². The molecule has 0 atom stereocenters. The van der Waals surface area contributed by atoms with E-state index in [0.717, 1.165) is 11.6 Å². The third kappa shape index (κ3) is 6.27. The van der Waals surface area contributed by atoms with Crippen LogP contribution < -0.4 is 10.1 Å². The van der Waals surface area contributed by atoms with Crippen molar-refractivity contribution in [2.24, 2.45) is 0 Å². The summed E-state index contributed by atoms with van der Waals surface area (Å²) in [6, 6.07) is 13.2. The van der Waals surface area contributed by atoms with Gasteiger partial charge in [0, 0.05) is 15.6 Å². The van der Waals surface area contributed by atoms with Crippen LogP contribution in [-0.2, 0) is 16.2 Å². The molecule has 1 saturated heterocycles. The van der Waals surface area contributed by atoms with Gasteiger partial charge in [-0.1, -0.05) is 41.4 Å². The van der Waals surface area contributed by atoms with Crippen LogP contribution in [0.15, 0.2) is 59.5 Å². The highest BCUT2D eigenvalue weighted by molar-refractivity contribution is 8.18. The molecule has 37 heavy (non-hydrogen) atoms. The molecule has 3 aromatic carbocycles. The molecule has 1 fully saturated rings. The second-order valence-corrected chi connectivity index (χ2v) is 9.47. The van der Waals surface area contributed by atoms with E-state index in [0.29, 0.717) is 44.1 Å². The maximum atomic E-state index is 13.8. The van der Waals surface area contributed by atoms with Crippen LogP contribution in [0.5, 0.6) is 5.75 Å². The van der Waals surface area contributed by atoms with Crippen molar-refractivity contribution in [2.45, 2.75) is 6.61 Å². The molecule has 0 aromatic heterocycles. The van der Waals surface area contributed by atoms with E-state index in [2.05, 4.69) is 0 Å². The number of carbonyl (C=O) groups is 3. The molecule has 190 valence electrons. The number of nitrogens with one attached hydrogen (secondary N) is 1. The van der Waals surface area contributed by atoms with Gasteiger partial charge in [0.25, 0.3) is 11.1 Å². The van der Waals surface area contributed by atoms with Gasteiger partial charge in [0.1, 0.15) is 18.9 Å². The van der Waals surface area contributed by atoms with E-state index in [9.17, 15) is 27.6 Å². The van der Waals surface area contributed by atoms with E-state index in [-0.39, 0.29) is 11.5 Å². The highest BCUT2D eigenvalue weighted by Gasteiger charge is 2.36. The SMILES string of the molecule is O=C(CN1C(=O)S/C(=C/c2ccc(OCc3ccc(Cl)cc3Cl)cc2)C1=O)Nc1ccc(F)c(F)c1F. The van der Waals surface area contributed by atoms with Crippen LogP contribution in [-0.4, -0.2) is 28.5 Å². The van der Waals surface area contributed by atoms with E-state index in [1.54, 1.807) is 42.5 Å². The average molecular weight is 567 g/mol. The van der Waals surface area contributed by atoms with Gasteiger partial charge in [-0.05, 0) is 59.8 Å². The normalized spacial score (nSPS) is 14.4. The predicted octanol–water partition coefficient (Wildman–Crippen LogP) is 6.66. The highest BCUT2D eigenvalue weighted by Crippen LogP contribution is 2.32. The van der Waals surface area contributed by atoms with Crippen molar-refractivity contribution in [3.05, 3.63) is 98.1 Å². The number of benzene rings is 3. The van der Waals surface area contributed by atoms with Crippen LogP contribution in [0.25, 0.3) is 6.08 Å². The number of hydrogen-bond donors (Lipinski definition) is 1. The topological polar surface area (TPSA) is 75.7 Å². The van der Waals surface area contributed by atoms with Gasteiger partial charge in [0.2, 0.25) is 5.91 Å². The molecule has 4 rings (SSSR count). The van der Waals surface area contributed by atoms with Gasteiger partial charge in [-0.25, -0.2) is 13.2 Å². The molecule has 3 amide bonds. The van der Waals surface area contributed by atoms with Crippen molar-refractivity contribution in [1.29, 1.82) is 0 Å². The van der Waals surface area contributed by atoms with Crippen LogP contribution >= 0.6 is 35.0 Å². The third-order valence-corrected chi connectivity index (χ3v) is 6.57. The van der Waals surface area contributed by atoms with Gasteiger partial charge in [-0.15, -0.1) is 0 Å². The Kier molecular flexibility index (Phi) is 8.11. The zero-order valence-corrected chi connectivity index (χ0v) is 20.9. The first-order chi connectivity index (χ1) is 17.6. The zero-order valence-electron chi connectivity index (χ0n) is 18.6. The molecular weight excluding hydrogens is 552 g/mol. The summed E-state index contributed by atoms with van der Waals surface area (Å²) in [6.07, 6.45) is 1.47. The molecule has 0 aliphatic carbocycles. The van der Waals surface area contributed by atoms with Crippen LogP contribution in [0, 0.1) is 17.5 Å². The van der Waals surface area contributed by atoms with Gasteiger partial charge in [-0.2, -0.15) is 0 Å². The van der Waals surface area contributed by atoms with Crippen molar-refractivity contribution in [2.75, 3.05) is 11.9 Å². The summed E-state index contributed by atoms with van der Waals surface area (Å²) in [5.41, 5.74) is 0.725. The monoisotopic (exact) mass is 566 g/mol. The average Bonchev–Trinajstić information content (AvgIpc) is 3.12. The van der Waals surface area contributed by atoms with Gasteiger partial charge < -0.3 is 10.1 Å². The molecular formula is C25H15Cl2F3N2O4S. The number of imide groups is 1. The standard InChI is InChI=1S/C25H15Cl2F3N2O4S/c26-15-4-3-14(17(27)10-15)12-36-16-5-1-13(2-6-16)9-20-24(34)32(25(35)37-20)11-21(33)31-19-8-7-18(28)22(29)23(19)30/h1-10H,11-12H2,(H,31,33)/b20-9+. The van der Waals surface area contributed by atoms with Crippen molar-refractivity contribution in [1.82, 2.24) is 4.90 Å². The Balaban J connectivity index is 1.37. The number of rotatable bonds is 7. The number of ether oxygens (including phenoxy) is 1. The predicted molar refractivity (Wildman–Crippen MR) is 135 cm³/mol. The minimum Gasteiger partial charge on any atom is -0.489 e. The number of nitrogens with zero attached hydrogens (tertiary/aromatic N) is 1. The Morgan fingerprint density at radius 3 is 2.43 bits per heavy atom. The van der Waals surface area contributed by atoms with E-state index in [4.69, 9.17) is 27.9 Å². The fourth-order valence-electron chi connectivity index (χ4n) is 3.20. The first kappa shape index (κ1) is 26.6. The van der Waals surface area contributed by atoms with Crippen LogP contribution in [0.3, 0.4) is 0 Å². The Morgan fingerprint density at radius 1 is 1.00 bits per heavy atom. The maximum Gasteiger partial charge on any atom is 0.294 e. The Labute approximate surface area is 223 Å². The summed E-state index contributed by atoms with van der Waals surface area (Å²) in [5.74, 6) is -5.91. The molecule has 1 N–H and O–H groups in total. The lowest BCUT2D eigenvalue weighted by atomic mass is 10.2. The molecule has 12 heteroatoms. The Hall–Kier alpha value is -3.47. The van der Waals surface area contributed by atoms with Gasteiger partial charge >= 0.3 is 0 Å². The van der Waals surface area contributed by atoms with Crippen LogP contribution in [0.1, 0.15) is 11.1 Å². The first-order valence-electron chi connectivity index (χ1n) is 10.5. The van der Waals surface area contributed by atoms with E-state index in [1.807, 2.05) is 5.32 Å². The molecule has 0 spiro atoms. The van der Waals surface area contributed by atoms with Crippen LogP contribution in [0.2, 0.25) is 10.0 Å². The molecule has 0 saturated carbocycles. The highest BCUT2D eigenvalue weighted by atomic mass is 35.5. The summed E-state index contributed by atoms with van der Waals surface area (Å²) >= 11 is 12.6. The Bertz CT molecular complexity index is 1430. The van der Waals surface area contributed by atoms with Crippen molar-refractivity contribution in [3.63, 3.8) is 0 Å². The number of halogens is 5. The molecule has 3 aromatic rings. The Morgan fingerprint density at radius 2 is 1.73 bits per heavy atom. The van der Waals surface area contributed by atoms with E-state index >= 15 is 0 Å². The largest absolute Gasteiger partial charge is 0.489 e. The van der Waals surface area contributed by atoms with Gasteiger partial charge in [0.05, 0.1) is 10.6 Å². The van der Waals surface area contributed by atoms with Gasteiger partial charge in [-0.3, -0.25) is 19.3 Å². The lowest BCUT2D eigenvalue weighted by molar-refractivity contribution is -0.127. The van der Waals surface area contributed by atoms with Crippen molar-refractivity contribution >= 4 is 63.8 Å². The number of hydrogen-bond acceptors (Lipinski definition) is 5. The molecule has 1 aliphatic heterocycles. The lowest BCUT2D eigenvalue weighted by Crippen LogP contribution is -2.36. The third-order valence-electron chi connectivity index (χ3n) is 5.07. The summed E-state index contributed by atoms with van der Waals surface area (Å²) in [5, 5.41) is 2.30. The van der Waals surface area contributed by atoms with Crippen LogP contribution in [0.4, 0.5) is 23.7 Å². The number of thioether (sulfide) groups is 1. The van der Waals surface area contributed by atoms with Crippen molar-refractivity contribution < 1.29 is 32.3 Å². The number of anilines is 1. The molecule has 1 heterocycles. The number of carbonyl (C=O) groups excluding carboxylic acids is 3. The van der Waals surface area contributed by atoms with Gasteiger partial charge in [0.15, 0.2) is 17.5 Å². The quantitative estimate of drug-likeness (QED) is 0.255. The second kappa shape index (κ2) is 11.3. The first-order valence-corrected chi connectivity index (χ1v) is 12.0. The zero-order chi connectivity index (χ0) is 26.7. The summed E-state index contributed by atoms with van der Waals surface area (Å²) < 4.78 is 45.9. The minimum atomic E-state index is -1.75. The van der Waals surface area contributed by atoms with E-state index < -0.39 is 46.7 Å². The lowest BCUT2D eigenvalue weighted by Gasteiger charge is -2.13. The van der Waals surface area contributed by atoms with E-state index in [1.165, 1.54) is 6.08 Å². The summed E-state index contributed by atoms with van der Waals surface area (Å²) in [4.78, 5) is 37.9. The minimum absolute atomic E-state index is 0.0680. The molecule has 1 aliphatic rings. The molecule has 6 nitrogen and oxygen atoms in total. The summed E-state index contributed by atoms with van der Waals surface area (Å²) in [6.45, 7) is -0.523. The smallest absolute Gasteiger partial charge is 0.294 e. The summed E-state index contributed by atoms with van der Waals surface area (Å²) in [7, 11) is 0. The fourth-order valence-corrected chi connectivity index (χ4v) is 4.50. The molecule has 0 unspecified atom stereocenters. The second-order valence-electron chi connectivity index (χ2n) is 7.63. The fraction of sp³-hybridized carbons (Fsp3) is 0.0800. The maximum absolute atomic E-state index is 13.8. The molecule has 0 radical (unpaired) electrons. The molecule has 0 bridgehead atoms.